The van der Waals surface area contributed by atoms with E-state index in [1.807, 2.05) is 36.4 Å². The van der Waals surface area contributed by atoms with Crippen molar-refractivity contribution in [2.75, 3.05) is 18.5 Å². The number of ether oxygens (including phenoxy) is 3. The summed E-state index contributed by atoms with van der Waals surface area (Å²) in [5.41, 5.74) is 2.21. The number of nitriles is 1. The Bertz CT molecular complexity index is 1260. The Hall–Kier alpha value is -3.11. The van der Waals surface area contributed by atoms with E-state index in [0.717, 1.165) is 12.7 Å². The molecule has 0 unspecified atom stereocenters. The maximum absolute atomic E-state index is 12.7. The Morgan fingerprint density at radius 1 is 1.00 bits per heavy atom. The zero-order valence-electron chi connectivity index (χ0n) is 19.3. The number of nitrogens with zero attached hydrogens (tertiary/aromatic N) is 1. The maximum Gasteiger partial charge on any atom is 0.344 e. The lowest BCUT2D eigenvalue weighted by atomic mass is 10.1. The largest absolute Gasteiger partial charge is 0.489 e. The van der Waals surface area contributed by atoms with Crippen LogP contribution in [-0.4, -0.2) is 25.1 Å². The quantitative estimate of drug-likeness (QED) is 0.121. The van der Waals surface area contributed by atoms with E-state index in [2.05, 4.69) is 50.5 Å². The van der Waals surface area contributed by atoms with Crippen LogP contribution in [0.15, 0.2) is 72.3 Å². The van der Waals surface area contributed by atoms with E-state index in [-0.39, 0.29) is 18.8 Å². The van der Waals surface area contributed by atoms with Crippen molar-refractivity contribution in [1.82, 2.24) is 0 Å². The Kier molecular flexibility index (Phi) is 10.6. The van der Waals surface area contributed by atoms with Crippen LogP contribution in [0.25, 0.3) is 6.08 Å². The van der Waals surface area contributed by atoms with Gasteiger partial charge in [0.15, 0.2) is 6.61 Å². The van der Waals surface area contributed by atoms with Gasteiger partial charge in [-0.3, -0.25) is 4.79 Å². The maximum atomic E-state index is 12.7. The first-order chi connectivity index (χ1) is 17.4. The van der Waals surface area contributed by atoms with Gasteiger partial charge < -0.3 is 19.5 Å². The molecule has 0 heterocycles. The van der Waals surface area contributed by atoms with Gasteiger partial charge in [0.2, 0.25) is 0 Å². The zero-order valence-corrected chi connectivity index (χ0v) is 23.6. The van der Waals surface area contributed by atoms with Crippen LogP contribution in [0.1, 0.15) is 18.1 Å². The van der Waals surface area contributed by atoms with Gasteiger partial charge in [0.1, 0.15) is 29.7 Å². The number of hydrogen-bond acceptors (Lipinski definition) is 6. The number of esters is 1. The van der Waals surface area contributed by atoms with Crippen LogP contribution < -0.4 is 14.8 Å². The minimum atomic E-state index is -0.525. The number of carbonyl (C=O) groups excluding carboxylic acids is 2. The number of hydrogen-bond donors (Lipinski definition) is 1. The van der Waals surface area contributed by atoms with Crippen LogP contribution in [-0.2, 0) is 20.9 Å². The molecule has 0 atom stereocenters. The fraction of sp³-hybridized carbons (Fsp3) is 0.148. The van der Waals surface area contributed by atoms with Crippen molar-refractivity contribution < 1.29 is 23.8 Å². The van der Waals surface area contributed by atoms with E-state index in [4.69, 9.17) is 14.2 Å². The number of anilines is 1. The normalized spacial score (nSPS) is 10.8. The van der Waals surface area contributed by atoms with Gasteiger partial charge in [0, 0.05) is 5.69 Å². The fourth-order valence-electron chi connectivity index (χ4n) is 3.02. The second-order valence-electron chi connectivity index (χ2n) is 7.33. The SMILES string of the molecule is CCOC(=O)COc1c(I)cc(/C=C(\C#N)C(=O)Nc2ccc(OCc3ccccc3)cc2)cc1I. The predicted octanol–water partition coefficient (Wildman–Crippen LogP) is 5.96. The third kappa shape index (κ3) is 8.23. The summed E-state index contributed by atoms with van der Waals surface area (Å²) < 4.78 is 17.7. The Balaban J connectivity index is 1.64. The van der Waals surface area contributed by atoms with Gasteiger partial charge in [0.25, 0.3) is 5.91 Å². The van der Waals surface area contributed by atoms with Gasteiger partial charge >= 0.3 is 5.97 Å². The summed E-state index contributed by atoms with van der Waals surface area (Å²) in [5, 5.41) is 12.3. The van der Waals surface area contributed by atoms with Gasteiger partial charge in [-0.05, 0) is 106 Å². The number of halogens is 2. The van der Waals surface area contributed by atoms with E-state index in [9.17, 15) is 14.9 Å². The summed E-state index contributed by atoms with van der Waals surface area (Å²) in [6.07, 6.45) is 1.51. The highest BCUT2D eigenvalue weighted by atomic mass is 127. The zero-order chi connectivity index (χ0) is 25.9. The molecule has 0 saturated heterocycles. The van der Waals surface area contributed by atoms with E-state index < -0.39 is 11.9 Å². The van der Waals surface area contributed by atoms with Crippen LogP contribution in [0.2, 0.25) is 0 Å². The molecule has 0 bridgehead atoms. The molecule has 0 radical (unpaired) electrons. The van der Waals surface area contributed by atoms with Crippen LogP contribution >= 0.6 is 45.2 Å². The molecule has 36 heavy (non-hydrogen) atoms. The molecule has 0 saturated carbocycles. The molecule has 3 aromatic carbocycles. The van der Waals surface area contributed by atoms with Gasteiger partial charge in [-0.1, -0.05) is 30.3 Å². The molecule has 184 valence electrons. The highest BCUT2D eigenvalue weighted by Crippen LogP contribution is 2.30. The first-order valence-electron chi connectivity index (χ1n) is 10.9. The molecule has 0 aliphatic heterocycles. The summed E-state index contributed by atoms with van der Waals surface area (Å²) in [5.74, 6) is 0.233. The molecule has 0 aliphatic carbocycles. The summed E-state index contributed by atoms with van der Waals surface area (Å²) in [4.78, 5) is 24.3. The molecule has 1 N–H and O–H groups in total. The van der Waals surface area contributed by atoms with Crippen LogP contribution in [0, 0.1) is 18.5 Å². The van der Waals surface area contributed by atoms with Gasteiger partial charge in [-0.2, -0.15) is 5.26 Å². The predicted molar refractivity (Wildman–Crippen MR) is 153 cm³/mol. The molecule has 9 heteroatoms. The molecule has 3 rings (SSSR count). The summed E-state index contributed by atoms with van der Waals surface area (Å²) in [7, 11) is 0. The number of benzene rings is 3. The molecular formula is C27H22I2N2O5. The minimum Gasteiger partial charge on any atom is -0.489 e. The van der Waals surface area contributed by atoms with Crippen molar-refractivity contribution in [2.45, 2.75) is 13.5 Å². The van der Waals surface area contributed by atoms with E-state index in [1.54, 1.807) is 43.3 Å². The minimum absolute atomic E-state index is 0.0498. The van der Waals surface area contributed by atoms with E-state index in [1.165, 1.54) is 6.08 Å². The van der Waals surface area contributed by atoms with Crippen LogP contribution in [0.5, 0.6) is 11.5 Å². The smallest absolute Gasteiger partial charge is 0.344 e. The molecule has 0 fully saturated rings. The molecule has 0 aromatic heterocycles. The average Bonchev–Trinajstić information content (AvgIpc) is 2.87. The second-order valence-corrected chi connectivity index (χ2v) is 9.65. The molecule has 0 aliphatic rings. The number of amides is 1. The number of nitrogens with one attached hydrogen (secondary N) is 1. The van der Waals surface area contributed by atoms with Crippen molar-refractivity contribution in [1.29, 1.82) is 5.26 Å². The number of rotatable bonds is 10. The first kappa shape index (κ1) is 27.5. The Labute approximate surface area is 236 Å². The first-order valence-corrected chi connectivity index (χ1v) is 13.0. The topological polar surface area (TPSA) is 97.7 Å². The van der Waals surface area contributed by atoms with Gasteiger partial charge in [-0.15, -0.1) is 0 Å². The Morgan fingerprint density at radius 3 is 2.28 bits per heavy atom. The van der Waals surface area contributed by atoms with Crippen molar-refractivity contribution in [3.8, 4) is 17.6 Å². The van der Waals surface area contributed by atoms with Gasteiger partial charge in [0.05, 0.1) is 13.7 Å². The highest BCUT2D eigenvalue weighted by Gasteiger charge is 2.14. The van der Waals surface area contributed by atoms with Crippen molar-refractivity contribution in [3.63, 3.8) is 0 Å². The van der Waals surface area contributed by atoms with Gasteiger partial charge in [-0.25, -0.2) is 4.79 Å². The third-order valence-electron chi connectivity index (χ3n) is 4.70. The lowest BCUT2D eigenvalue weighted by Gasteiger charge is -2.11. The molecule has 1 amide bonds. The van der Waals surface area contributed by atoms with Crippen LogP contribution in [0.3, 0.4) is 0 Å². The summed E-state index contributed by atoms with van der Waals surface area (Å²) in [6, 6.07) is 22.3. The van der Waals surface area contributed by atoms with E-state index >= 15 is 0 Å². The van der Waals surface area contributed by atoms with E-state index in [0.29, 0.717) is 29.4 Å². The second kappa shape index (κ2) is 13.8. The monoisotopic (exact) mass is 708 g/mol. The molecule has 3 aromatic rings. The average molecular weight is 708 g/mol. The van der Waals surface area contributed by atoms with Crippen LogP contribution in [0.4, 0.5) is 5.69 Å². The molecular weight excluding hydrogens is 686 g/mol. The summed E-state index contributed by atoms with van der Waals surface area (Å²) in [6.45, 7) is 2.26. The van der Waals surface area contributed by atoms with Crippen molar-refractivity contribution in [3.05, 3.63) is 90.6 Å². The number of carbonyl (C=O) groups is 2. The Morgan fingerprint density at radius 2 is 1.67 bits per heavy atom. The molecule has 0 spiro atoms. The highest BCUT2D eigenvalue weighted by molar-refractivity contribution is 14.1. The lowest BCUT2D eigenvalue weighted by Crippen LogP contribution is -2.15. The fourth-order valence-corrected chi connectivity index (χ4v) is 5.15. The van der Waals surface area contributed by atoms with Crippen molar-refractivity contribution >= 4 is 68.8 Å². The standard InChI is InChI=1S/C27H22I2N2O5/c1-2-34-25(32)17-36-26-23(28)13-19(14-24(26)29)12-20(15-30)27(33)31-21-8-10-22(11-9-21)35-16-18-6-4-3-5-7-18/h3-14H,2,16-17H2,1H3,(H,31,33)/b20-12+. The lowest BCUT2D eigenvalue weighted by molar-refractivity contribution is -0.145. The van der Waals surface area contributed by atoms with Crippen molar-refractivity contribution in [2.24, 2.45) is 0 Å². The molecule has 7 nitrogen and oxygen atoms in total. The third-order valence-corrected chi connectivity index (χ3v) is 6.30. The summed E-state index contributed by atoms with van der Waals surface area (Å²) >= 11 is 4.16.